The second-order valence-electron chi connectivity index (χ2n) is 5.60. The maximum atomic E-state index is 6.20. The Morgan fingerprint density at radius 1 is 1.04 bits per heavy atom. The predicted molar refractivity (Wildman–Crippen MR) is 110 cm³/mol. The van der Waals surface area contributed by atoms with Gasteiger partial charge in [-0.3, -0.25) is 0 Å². The molecule has 1 atom stereocenters. The minimum absolute atomic E-state index is 0.372. The quantitative estimate of drug-likeness (QED) is 0.331. The number of thioether (sulfide) groups is 1. The highest BCUT2D eigenvalue weighted by atomic mass is 35.5. The number of benzene rings is 2. The molecule has 0 bridgehead atoms. The summed E-state index contributed by atoms with van der Waals surface area (Å²) in [4.78, 5) is 3.43. The predicted octanol–water partition coefficient (Wildman–Crippen LogP) is 8.43. The van der Waals surface area contributed by atoms with Gasteiger partial charge in [0.2, 0.25) is 0 Å². The number of H-pyrrole nitrogens is 1. The van der Waals surface area contributed by atoms with Gasteiger partial charge in [0.1, 0.15) is 16.4 Å². The normalized spacial score (nSPS) is 13.0. The Kier molecular flexibility index (Phi) is 5.95. The standard InChI is InChI=1S/C18H16Cl3N3S/c1-3-10(2)25-18-16(12-6-4-5-7-15(12)22-18)23-24-17-13(20)8-11(19)9-14(17)21/h4-10,22H,3H2,1-2H3. The molecule has 130 valence electrons. The van der Waals surface area contributed by atoms with Crippen molar-refractivity contribution in [3.05, 3.63) is 51.5 Å². The Morgan fingerprint density at radius 3 is 2.36 bits per heavy atom. The zero-order valence-electron chi connectivity index (χ0n) is 13.7. The van der Waals surface area contributed by atoms with E-state index in [9.17, 15) is 0 Å². The van der Waals surface area contributed by atoms with Gasteiger partial charge < -0.3 is 4.98 Å². The van der Waals surface area contributed by atoms with Crippen molar-refractivity contribution in [2.75, 3.05) is 0 Å². The van der Waals surface area contributed by atoms with Crippen LogP contribution in [0.4, 0.5) is 11.4 Å². The van der Waals surface area contributed by atoms with E-state index in [2.05, 4.69) is 29.1 Å². The van der Waals surface area contributed by atoms with E-state index in [1.54, 1.807) is 23.9 Å². The van der Waals surface area contributed by atoms with Crippen LogP contribution in [0, 0.1) is 0 Å². The summed E-state index contributed by atoms with van der Waals surface area (Å²) in [6.45, 7) is 4.35. The minimum Gasteiger partial charge on any atom is -0.348 e. The number of azo groups is 1. The summed E-state index contributed by atoms with van der Waals surface area (Å²) >= 11 is 20.1. The summed E-state index contributed by atoms with van der Waals surface area (Å²) in [5.74, 6) is 0. The van der Waals surface area contributed by atoms with Gasteiger partial charge in [0.25, 0.3) is 0 Å². The molecule has 1 aromatic heterocycles. The Hall–Kier alpha value is -1.20. The molecule has 0 aliphatic rings. The number of aromatic amines is 1. The third kappa shape index (κ3) is 4.14. The number of aromatic nitrogens is 1. The van der Waals surface area contributed by atoms with Crippen molar-refractivity contribution in [3.8, 4) is 0 Å². The van der Waals surface area contributed by atoms with Crippen LogP contribution in [0.15, 0.2) is 51.7 Å². The van der Waals surface area contributed by atoms with Crippen molar-refractivity contribution in [1.82, 2.24) is 4.98 Å². The molecule has 0 fully saturated rings. The highest BCUT2D eigenvalue weighted by molar-refractivity contribution is 8.00. The third-order valence-electron chi connectivity index (χ3n) is 3.77. The Balaban J connectivity index is 2.07. The van der Waals surface area contributed by atoms with Crippen molar-refractivity contribution >= 4 is 68.8 Å². The largest absolute Gasteiger partial charge is 0.348 e. The van der Waals surface area contributed by atoms with E-state index in [1.165, 1.54) is 0 Å². The number of nitrogens with zero attached hydrogens (tertiary/aromatic N) is 2. The summed E-state index contributed by atoms with van der Waals surface area (Å²) in [7, 11) is 0. The average Bonchev–Trinajstić information content (AvgIpc) is 2.91. The zero-order chi connectivity index (χ0) is 18.0. The molecule has 0 aliphatic carbocycles. The molecule has 3 nitrogen and oxygen atoms in total. The van der Waals surface area contributed by atoms with E-state index in [-0.39, 0.29) is 0 Å². The van der Waals surface area contributed by atoms with Gasteiger partial charge in [-0.15, -0.1) is 22.0 Å². The second kappa shape index (κ2) is 8.00. The van der Waals surface area contributed by atoms with Crippen LogP contribution in [-0.2, 0) is 0 Å². The summed E-state index contributed by atoms with van der Waals surface area (Å²) in [5.41, 5.74) is 2.23. The first-order valence-corrected chi connectivity index (χ1v) is 9.84. The molecule has 3 aromatic rings. The monoisotopic (exact) mass is 411 g/mol. The van der Waals surface area contributed by atoms with Gasteiger partial charge in [0.05, 0.1) is 10.0 Å². The molecular formula is C18H16Cl3N3S. The van der Waals surface area contributed by atoms with Gasteiger partial charge in [0, 0.05) is 21.2 Å². The molecule has 7 heteroatoms. The van der Waals surface area contributed by atoms with E-state index in [1.807, 2.05) is 24.3 Å². The molecule has 1 N–H and O–H groups in total. The summed E-state index contributed by atoms with van der Waals surface area (Å²) < 4.78 is 0. The lowest BCUT2D eigenvalue weighted by molar-refractivity contribution is 0.902. The van der Waals surface area contributed by atoms with Crippen LogP contribution in [0.1, 0.15) is 20.3 Å². The molecule has 3 rings (SSSR count). The van der Waals surface area contributed by atoms with Crippen LogP contribution in [0.5, 0.6) is 0 Å². The van der Waals surface area contributed by atoms with Crippen molar-refractivity contribution in [1.29, 1.82) is 0 Å². The fourth-order valence-electron chi connectivity index (χ4n) is 2.30. The number of nitrogens with one attached hydrogen (secondary N) is 1. The molecule has 1 heterocycles. The zero-order valence-corrected chi connectivity index (χ0v) is 16.8. The first-order valence-electron chi connectivity index (χ1n) is 7.83. The van der Waals surface area contributed by atoms with Gasteiger partial charge in [0.15, 0.2) is 0 Å². The molecule has 2 aromatic carbocycles. The van der Waals surface area contributed by atoms with E-state index in [0.717, 1.165) is 28.0 Å². The molecule has 1 unspecified atom stereocenters. The Labute approximate surface area is 165 Å². The molecule has 0 spiro atoms. The van der Waals surface area contributed by atoms with Crippen LogP contribution in [0.3, 0.4) is 0 Å². The summed E-state index contributed by atoms with van der Waals surface area (Å²) in [6, 6.07) is 11.2. The fraction of sp³-hybridized carbons (Fsp3) is 0.222. The maximum Gasteiger partial charge on any atom is 0.125 e. The molecule has 0 amide bonds. The summed E-state index contributed by atoms with van der Waals surface area (Å²) in [5, 5.41) is 12.4. The van der Waals surface area contributed by atoms with Gasteiger partial charge in [-0.2, -0.15) is 0 Å². The van der Waals surface area contributed by atoms with E-state index >= 15 is 0 Å². The van der Waals surface area contributed by atoms with E-state index in [4.69, 9.17) is 34.8 Å². The average molecular weight is 413 g/mol. The molecule has 25 heavy (non-hydrogen) atoms. The SMILES string of the molecule is CCC(C)Sc1[nH]c2ccccc2c1N=Nc1c(Cl)cc(Cl)cc1Cl. The number of fused-ring (bicyclic) bond motifs is 1. The van der Waals surface area contributed by atoms with Gasteiger partial charge in [-0.1, -0.05) is 66.8 Å². The lowest BCUT2D eigenvalue weighted by Crippen LogP contribution is -1.91. The highest BCUT2D eigenvalue weighted by Crippen LogP contribution is 2.42. The number of hydrogen-bond acceptors (Lipinski definition) is 3. The van der Waals surface area contributed by atoms with Crippen LogP contribution in [-0.4, -0.2) is 10.2 Å². The van der Waals surface area contributed by atoms with E-state index in [0.29, 0.717) is 26.0 Å². The van der Waals surface area contributed by atoms with Crippen molar-refractivity contribution < 1.29 is 0 Å². The number of rotatable bonds is 5. The van der Waals surface area contributed by atoms with Crippen LogP contribution < -0.4 is 0 Å². The lowest BCUT2D eigenvalue weighted by Gasteiger charge is -2.06. The highest BCUT2D eigenvalue weighted by Gasteiger charge is 2.15. The number of hydrogen-bond donors (Lipinski definition) is 1. The van der Waals surface area contributed by atoms with Crippen molar-refractivity contribution in [2.45, 2.75) is 30.5 Å². The number of para-hydroxylation sites is 1. The second-order valence-corrected chi connectivity index (χ2v) is 8.30. The van der Waals surface area contributed by atoms with Gasteiger partial charge in [-0.25, -0.2) is 0 Å². The van der Waals surface area contributed by atoms with Crippen LogP contribution >= 0.6 is 46.6 Å². The summed E-state index contributed by atoms with van der Waals surface area (Å²) in [6.07, 6.45) is 1.06. The van der Waals surface area contributed by atoms with Gasteiger partial charge >= 0.3 is 0 Å². The van der Waals surface area contributed by atoms with Crippen LogP contribution in [0.25, 0.3) is 10.9 Å². The first-order chi connectivity index (χ1) is 12.0. The molecule has 0 saturated carbocycles. The molecule has 0 radical (unpaired) electrons. The van der Waals surface area contributed by atoms with Crippen molar-refractivity contribution in [2.24, 2.45) is 10.2 Å². The smallest absolute Gasteiger partial charge is 0.125 e. The first kappa shape index (κ1) is 18.6. The topological polar surface area (TPSA) is 40.5 Å². The van der Waals surface area contributed by atoms with Crippen molar-refractivity contribution in [3.63, 3.8) is 0 Å². The van der Waals surface area contributed by atoms with Crippen LogP contribution in [0.2, 0.25) is 15.1 Å². The fourth-order valence-corrected chi connectivity index (χ4v) is 4.19. The molecule has 0 saturated heterocycles. The Morgan fingerprint density at radius 2 is 1.68 bits per heavy atom. The third-order valence-corrected chi connectivity index (χ3v) is 5.83. The lowest BCUT2D eigenvalue weighted by atomic mass is 10.2. The molecular weight excluding hydrogens is 397 g/mol. The molecule has 0 aliphatic heterocycles. The number of halogens is 3. The van der Waals surface area contributed by atoms with Gasteiger partial charge in [-0.05, 0) is 24.6 Å². The van der Waals surface area contributed by atoms with E-state index < -0.39 is 0 Å². The maximum absolute atomic E-state index is 6.20. The Bertz CT molecular complexity index is 913. The minimum atomic E-state index is 0.372.